The average molecular weight is 243 g/mol. The lowest BCUT2D eigenvalue weighted by Crippen LogP contribution is -2.08. The summed E-state index contributed by atoms with van der Waals surface area (Å²) in [5.41, 5.74) is 7.73. The number of hydrogen-bond donors (Lipinski definition) is 1. The van der Waals surface area contributed by atoms with Crippen LogP contribution in [0.15, 0.2) is 18.6 Å². The molecule has 3 aromatic heterocycles. The highest BCUT2D eigenvalue weighted by atomic mass is 15.3. The van der Waals surface area contributed by atoms with Gasteiger partial charge in [-0.3, -0.25) is 9.36 Å². The van der Waals surface area contributed by atoms with Crippen LogP contribution in [0.5, 0.6) is 0 Å². The molecule has 0 aliphatic heterocycles. The zero-order chi connectivity index (χ0) is 12.7. The molecule has 0 aromatic carbocycles. The van der Waals surface area contributed by atoms with Gasteiger partial charge in [0.25, 0.3) is 0 Å². The van der Waals surface area contributed by atoms with Crippen molar-refractivity contribution in [2.75, 3.05) is 5.73 Å². The number of aromatic nitrogens is 6. The van der Waals surface area contributed by atoms with E-state index in [0.717, 1.165) is 16.6 Å². The van der Waals surface area contributed by atoms with Gasteiger partial charge in [-0.15, -0.1) is 0 Å². The van der Waals surface area contributed by atoms with Crippen LogP contribution in [-0.2, 0) is 13.6 Å². The van der Waals surface area contributed by atoms with Crippen molar-refractivity contribution in [2.45, 2.75) is 13.5 Å². The van der Waals surface area contributed by atoms with Crippen LogP contribution >= 0.6 is 0 Å². The number of anilines is 1. The van der Waals surface area contributed by atoms with Gasteiger partial charge in [0, 0.05) is 13.2 Å². The van der Waals surface area contributed by atoms with E-state index in [1.54, 1.807) is 21.8 Å². The molecule has 0 aliphatic rings. The zero-order valence-electron chi connectivity index (χ0n) is 10.2. The molecule has 3 rings (SSSR count). The van der Waals surface area contributed by atoms with Gasteiger partial charge in [-0.25, -0.2) is 9.97 Å². The van der Waals surface area contributed by atoms with Gasteiger partial charge in [0.15, 0.2) is 11.5 Å². The molecule has 0 spiro atoms. The topological polar surface area (TPSA) is 87.4 Å². The number of rotatable bonds is 2. The van der Waals surface area contributed by atoms with E-state index in [0.29, 0.717) is 18.2 Å². The van der Waals surface area contributed by atoms with Crippen molar-refractivity contribution in [3.63, 3.8) is 0 Å². The summed E-state index contributed by atoms with van der Waals surface area (Å²) < 4.78 is 3.47. The fourth-order valence-electron chi connectivity index (χ4n) is 1.86. The number of fused-ring (bicyclic) bond motifs is 1. The first kappa shape index (κ1) is 10.7. The molecule has 0 atom stereocenters. The molecule has 0 saturated heterocycles. The molecule has 7 heteroatoms. The van der Waals surface area contributed by atoms with Crippen molar-refractivity contribution in [1.29, 1.82) is 0 Å². The molecule has 0 aliphatic carbocycles. The number of hydrogen-bond acceptors (Lipinski definition) is 5. The van der Waals surface area contributed by atoms with Gasteiger partial charge >= 0.3 is 0 Å². The van der Waals surface area contributed by atoms with Crippen LogP contribution < -0.4 is 5.73 Å². The highest BCUT2D eigenvalue weighted by molar-refractivity contribution is 5.84. The third kappa shape index (κ3) is 1.69. The Morgan fingerprint density at radius 3 is 2.78 bits per heavy atom. The standard InChI is InChI=1S/C11H13N7/c1-7-3-14-18(5-7)6-9-15-10(12)8-4-13-17(2)11(8)16-9/h3-5H,6H2,1-2H3,(H2,12,15,16). The van der Waals surface area contributed by atoms with Crippen molar-refractivity contribution >= 4 is 16.9 Å². The molecule has 18 heavy (non-hydrogen) atoms. The maximum Gasteiger partial charge on any atom is 0.163 e. The summed E-state index contributed by atoms with van der Waals surface area (Å²) in [7, 11) is 1.83. The molecule has 0 fully saturated rings. The van der Waals surface area contributed by atoms with E-state index in [4.69, 9.17) is 5.73 Å². The third-order valence-electron chi connectivity index (χ3n) is 2.73. The molecule has 0 radical (unpaired) electrons. The molecule has 0 bridgehead atoms. The molecule has 0 unspecified atom stereocenters. The van der Waals surface area contributed by atoms with Crippen LogP contribution in [0.1, 0.15) is 11.4 Å². The molecule has 2 N–H and O–H groups in total. The molecule has 92 valence electrons. The molecule has 7 nitrogen and oxygen atoms in total. The fraction of sp³-hybridized carbons (Fsp3) is 0.273. The summed E-state index contributed by atoms with van der Waals surface area (Å²) in [5.74, 6) is 1.08. The van der Waals surface area contributed by atoms with E-state index in [9.17, 15) is 0 Å². The summed E-state index contributed by atoms with van der Waals surface area (Å²) in [6.45, 7) is 2.49. The van der Waals surface area contributed by atoms with Gasteiger partial charge in [0.05, 0.1) is 17.8 Å². The SMILES string of the molecule is Cc1cnn(Cc2nc(N)c3cnn(C)c3n2)c1. The molecule has 3 aromatic rings. The predicted molar refractivity (Wildman–Crippen MR) is 66.8 cm³/mol. The minimum atomic E-state index is 0.451. The van der Waals surface area contributed by atoms with Crippen LogP contribution in [0.2, 0.25) is 0 Å². The second kappa shape index (κ2) is 3.80. The highest BCUT2D eigenvalue weighted by Gasteiger charge is 2.09. The van der Waals surface area contributed by atoms with E-state index in [1.165, 1.54) is 0 Å². The van der Waals surface area contributed by atoms with Crippen molar-refractivity contribution in [1.82, 2.24) is 29.5 Å². The number of nitrogen functional groups attached to an aromatic ring is 1. The summed E-state index contributed by atoms with van der Waals surface area (Å²) >= 11 is 0. The number of nitrogens with two attached hydrogens (primary N) is 1. The Morgan fingerprint density at radius 2 is 2.06 bits per heavy atom. The maximum absolute atomic E-state index is 5.90. The summed E-state index contributed by atoms with van der Waals surface area (Å²) in [4.78, 5) is 8.72. The van der Waals surface area contributed by atoms with Gasteiger partial charge in [-0.1, -0.05) is 0 Å². The Bertz CT molecular complexity index is 709. The van der Waals surface area contributed by atoms with Crippen LogP contribution in [0.3, 0.4) is 0 Å². The Morgan fingerprint density at radius 1 is 1.22 bits per heavy atom. The minimum absolute atomic E-state index is 0.451. The lowest BCUT2D eigenvalue weighted by Gasteiger charge is -2.03. The Kier molecular flexibility index (Phi) is 2.26. The van der Waals surface area contributed by atoms with E-state index >= 15 is 0 Å². The molecule has 3 heterocycles. The highest BCUT2D eigenvalue weighted by Crippen LogP contribution is 2.16. The summed E-state index contributed by atoms with van der Waals surface area (Å²) in [6, 6.07) is 0. The molecule has 0 saturated carbocycles. The van der Waals surface area contributed by atoms with E-state index in [1.807, 2.05) is 20.2 Å². The number of aryl methyl sites for hydroxylation is 2. The van der Waals surface area contributed by atoms with Gasteiger partial charge in [0.1, 0.15) is 12.4 Å². The normalized spacial score (nSPS) is 11.2. The third-order valence-corrected chi connectivity index (χ3v) is 2.73. The lowest BCUT2D eigenvalue weighted by atomic mass is 10.4. The van der Waals surface area contributed by atoms with Crippen molar-refractivity contribution < 1.29 is 0 Å². The number of nitrogens with zero attached hydrogens (tertiary/aromatic N) is 6. The summed E-state index contributed by atoms with van der Waals surface area (Å²) in [6.07, 6.45) is 5.41. The monoisotopic (exact) mass is 243 g/mol. The minimum Gasteiger partial charge on any atom is -0.383 e. The van der Waals surface area contributed by atoms with Crippen LogP contribution in [0.4, 0.5) is 5.82 Å². The second-order valence-corrected chi connectivity index (χ2v) is 4.25. The van der Waals surface area contributed by atoms with Gasteiger partial charge in [0.2, 0.25) is 0 Å². The van der Waals surface area contributed by atoms with Gasteiger partial charge < -0.3 is 5.73 Å². The van der Waals surface area contributed by atoms with E-state index < -0.39 is 0 Å². The second-order valence-electron chi connectivity index (χ2n) is 4.25. The average Bonchev–Trinajstić information content (AvgIpc) is 2.87. The Hall–Kier alpha value is -2.44. The zero-order valence-corrected chi connectivity index (χ0v) is 10.2. The van der Waals surface area contributed by atoms with Crippen molar-refractivity contribution in [3.8, 4) is 0 Å². The van der Waals surface area contributed by atoms with Crippen LogP contribution in [0.25, 0.3) is 11.0 Å². The molecular formula is C11H13N7. The van der Waals surface area contributed by atoms with Gasteiger partial charge in [-0.05, 0) is 12.5 Å². The van der Waals surface area contributed by atoms with Crippen molar-refractivity contribution in [3.05, 3.63) is 30.0 Å². The van der Waals surface area contributed by atoms with Gasteiger partial charge in [-0.2, -0.15) is 10.2 Å². The smallest absolute Gasteiger partial charge is 0.163 e. The first-order valence-electron chi connectivity index (χ1n) is 5.56. The maximum atomic E-state index is 5.90. The van der Waals surface area contributed by atoms with Crippen molar-refractivity contribution in [2.24, 2.45) is 7.05 Å². The largest absolute Gasteiger partial charge is 0.383 e. The first-order valence-corrected chi connectivity index (χ1v) is 5.56. The molecule has 0 amide bonds. The summed E-state index contributed by atoms with van der Waals surface area (Å²) in [5, 5.41) is 9.10. The fourth-order valence-corrected chi connectivity index (χ4v) is 1.86. The van der Waals surface area contributed by atoms with Crippen LogP contribution in [-0.4, -0.2) is 29.5 Å². The van der Waals surface area contributed by atoms with E-state index in [-0.39, 0.29) is 0 Å². The predicted octanol–water partition coefficient (Wildman–Crippen LogP) is 0.499. The van der Waals surface area contributed by atoms with E-state index in [2.05, 4.69) is 20.2 Å². The van der Waals surface area contributed by atoms with Crippen LogP contribution in [0, 0.1) is 6.92 Å². The Balaban J connectivity index is 2.04. The first-order chi connectivity index (χ1) is 8.63. The Labute approximate surface area is 103 Å². The quantitative estimate of drug-likeness (QED) is 0.708. The molecular weight excluding hydrogens is 230 g/mol. The lowest BCUT2D eigenvalue weighted by molar-refractivity contribution is 0.655.